The molecule has 1 fully saturated rings. The Hall–Kier alpha value is -1.76. The van der Waals surface area contributed by atoms with Gasteiger partial charge in [0.1, 0.15) is 0 Å². The molecule has 0 bridgehead atoms. The number of carbonyl (C=O) groups is 1. The van der Waals surface area contributed by atoms with Crippen molar-refractivity contribution in [1.82, 2.24) is 10.6 Å². The number of benzene rings is 1. The van der Waals surface area contributed by atoms with Crippen molar-refractivity contribution >= 4 is 11.7 Å². The van der Waals surface area contributed by atoms with Crippen LogP contribution in [0.1, 0.15) is 18.4 Å². The SMILES string of the molecule is O=C(NCC1CCCN1)Nc1ccc(C(F)(F)F)cc1. The minimum atomic E-state index is -4.37. The number of anilines is 1. The lowest BCUT2D eigenvalue weighted by molar-refractivity contribution is -0.137. The lowest BCUT2D eigenvalue weighted by Gasteiger charge is -2.13. The van der Waals surface area contributed by atoms with Gasteiger partial charge in [-0.3, -0.25) is 0 Å². The monoisotopic (exact) mass is 287 g/mol. The highest BCUT2D eigenvalue weighted by Gasteiger charge is 2.29. The van der Waals surface area contributed by atoms with E-state index in [0.29, 0.717) is 12.2 Å². The zero-order chi connectivity index (χ0) is 14.6. The van der Waals surface area contributed by atoms with E-state index in [1.807, 2.05) is 0 Å². The van der Waals surface area contributed by atoms with Crippen LogP contribution in [0.2, 0.25) is 0 Å². The van der Waals surface area contributed by atoms with Gasteiger partial charge in [0.25, 0.3) is 0 Å². The fourth-order valence-electron chi connectivity index (χ4n) is 2.06. The third-order valence-electron chi connectivity index (χ3n) is 3.14. The standard InChI is InChI=1S/C13H16F3N3O/c14-13(15,16)9-3-5-10(6-4-9)19-12(20)18-8-11-2-1-7-17-11/h3-6,11,17H,1-2,7-8H2,(H2,18,19,20). The van der Waals surface area contributed by atoms with Crippen LogP contribution in [-0.2, 0) is 6.18 Å². The number of halogens is 3. The molecule has 3 N–H and O–H groups in total. The highest BCUT2D eigenvalue weighted by atomic mass is 19.4. The van der Waals surface area contributed by atoms with E-state index in [-0.39, 0.29) is 6.04 Å². The molecule has 1 saturated heterocycles. The van der Waals surface area contributed by atoms with Gasteiger partial charge in [0.2, 0.25) is 0 Å². The van der Waals surface area contributed by atoms with Crippen LogP contribution < -0.4 is 16.0 Å². The zero-order valence-electron chi connectivity index (χ0n) is 10.8. The molecule has 1 unspecified atom stereocenters. The lowest BCUT2D eigenvalue weighted by Crippen LogP contribution is -2.39. The number of nitrogens with one attached hydrogen (secondary N) is 3. The predicted octanol–water partition coefficient (Wildman–Crippen LogP) is 2.58. The maximum atomic E-state index is 12.4. The smallest absolute Gasteiger partial charge is 0.336 e. The minimum absolute atomic E-state index is 0.272. The molecule has 0 saturated carbocycles. The Morgan fingerprint density at radius 1 is 1.30 bits per heavy atom. The van der Waals surface area contributed by atoms with Crippen LogP contribution in [-0.4, -0.2) is 25.2 Å². The molecule has 1 atom stereocenters. The largest absolute Gasteiger partial charge is 0.416 e. The number of hydrogen-bond acceptors (Lipinski definition) is 2. The van der Waals surface area contributed by atoms with E-state index < -0.39 is 17.8 Å². The molecule has 1 aromatic carbocycles. The molecular weight excluding hydrogens is 271 g/mol. The Kier molecular flexibility index (Phi) is 4.49. The van der Waals surface area contributed by atoms with Crippen molar-refractivity contribution in [2.45, 2.75) is 25.1 Å². The summed E-state index contributed by atoms with van der Waals surface area (Å²) in [5.41, 5.74) is -0.409. The van der Waals surface area contributed by atoms with Gasteiger partial charge in [-0.1, -0.05) is 0 Å². The minimum Gasteiger partial charge on any atom is -0.336 e. The van der Waals surface area contributed by atoms with Crippen molar-refractivity contribution in [3.05, 3.63) is 29.8 Å². The second-order valence-electron chi connectivity index (χ2n) is 4.70. The molecule has 7 heteroatoms. The molecule has 0 radical (unpaired) electrons. The van der Waals surface area contributed by atoms with E-state index >= 15 is 0 Å². The van der Waals surface area contributed by atoms with E-state index in [0.717, 1.165) is 31.5 Å². The molecule has 2 amide bonds. The molecule has 4 nitrogen and oxygen atoms in total. The molecular formula is C13H16F3N3O. The van der Waals surface area contributed by atoms with Crippen LogP contribution in [0.3, 0.4) is 0 Å². The van der Waals surface area contributed by atoms with Crippen LogP contribution in [0.15, 0.2) is 24.3 Å². The summed E-state index contributed by atoms with van der Waals surface area (Å²) in [4.78, 5) is 11.6. The van der Waals surface area contributed by atoms with Gasteiger partial charge in [0, 0.05) is 18.3 Å². The van der Waals surface area contributed by atoms with E-state index in [4.69, 9.17) is 0 Å². The second-order valence-corrected chi connectivity index (χ2v) is 4.70. The topological polar surface area (TPSA) is 53.2 Å². The zero-order valence-corrected chi connectivity index (χ0v) is 10.8. The van der Waals surface area contributed by atoms with Gasteiger partial charge in [0.05, 0.1) is 5.56 Å². The van der Waals surface area contributed by atoms with Crippen molar-refractivity contribution in [2.75, 3.05) is 18.4 Å². The van der Waals surface area contributed by atoms with Crippen molar-refractivity contribution in [3.63, 3.8) is 0 Å². The highest BCUT2D eigenvalue weighted by Crippen LogP contribution is 2.29. The number of rotatable bonds is 3. The number of carbonyl (C=O) groups excluding carboxylic acids is 1. The van der Waals surface area contributed by atoms with Gasteiger partial charge >= 0.3 is 12.2 Å². The van der Waals surface area contributed by atoms with E-state index in [1.54, 1.807) is 0 Å². The Balaban J connectivity index is 1.81. The summed E-state index contributed by atoms with van der Waals surface area (Å²) in [7, 11) is 0. The van der Waals surface area contributed by atoms with Gasteiger partial charge < -0.3 is 16.0 Å². The number of urea groups is 1. The third-order valence-corrected chi connectivity index (χ3v) is 3.14. The summed E-state index contributed by atoms with van der Waals surface area (Å²) in [5.74, 6) is 0. The molecule has 1 aliphatic rings. The Morgan fingerprint density at radius 2 is 2.00 bits per heavy atom. The van der Waals surface area contributed by atoms with E-state index in [9.17, 15) is 18.0 Å². The quantitative estimate of drug-likeness (QED) is 0.800. The first-order valence-corrected chi connectivity index (χ1v) is 6.40. The van der Waals surface area contributed by atoms with Gasteiger partial charge in [-0.05, 0) is 43.7 Å². The summed E-state index contributed by atoms with van der Waals surface area (Å²) < 4.78 is 37.1. The first kappa shape index (κ1) is 14.6. The molecule has 2 rings (SSSR count). The first-order chi connectivity index (χ1) is 9.45. The van der Waals surface area contributed by atoms with Crippen LogP contribution in [0.4, 0.5) is 23.7 Å². The maximum Gasteiger partial charge on any atom is 0.416 e. The fourth-order valence-corrected chi connectivity index (χ4v) is 2.06. The summed E-state index contributed by atoms with van der Waals surface area (Å²) in [6.07, 6.45) is -2.26. The Labute approximate surface area is 114 Å². The summed E-state index contributed by atoms with van der Waals surface area (Å²) in [5, 5.41) is 8.41. The molecule has 20 heavy (non-hydrogen) atoms. The third kappa shape index (κ3) is 4.12. The predicted molar refractivity (Wildman–Crippen MR) is 69.5 cm³/mol. The number of amides is 2. The van der Waals surface area contributed by atoms with Gasteiger partial charge in [-0.25, -0.2) is 4.79 Å². The van der Waals surface area contributed by atoms with Gasteiger partial charge in [-0.2, -0.15) is 13.2 Å². The molecule has 1 aromatic rings. The van der Waals surface area contributed by atoms with Crippen molar-refractivity contribution in [3.8, 4) is 0 Å². The first-order valence-electron chi connectivity index (χ1n) is 6.40. The summed E-state index contributed by atoms with van der Waals surface area (Å²) >= 11 is 0. The molecule has 0 aliphatic carbocycles. The highest BCUT2D eigenvalue weighted by molar-refractivity contribution is 5.89. The van der Waals surface area contributed by atoms with Crippen LogP contribution in [0.5, 0.6) is 0 Å². The lowest BCUT2D eigenvalue weighted by atomic mass is 10.2. The maximum absolute atomic E-state index is 12.4. The van der Waals surface area contributed by atoms with Crippen molar-refractivity contribution in [2.24, 2.45) is 0 Å². The Bertz CT molecular complexity index is 453. The number of alkyl halides is 3. The molecule has 0 aromatic heterocycles. The Morgan fingerprint density at radius 3 is 2.55 bits per heavy atom. The molecule has 1 heterocycles. The number of hydrogen-bond donors (Lipinski definition) is 3. The normalized spacial score (nSPS) is 18.9. The molecule has 110 valence electrons. The van der Waals surface area contributed by atoms with Crippen LogP contribution in [0, 0.1) is 0 Å². The average Bonchev–Trinajstić information content (AvgIpc) is 2.89. The van der Waals surface area contributed by atoms with Gasteiger partial charge in [0.15, 0.2) is 0 Å². The molecule has 0 spiro atoms. The molecule has 1 aliphatic heterocycles. The average molecular weight is 287 g/mol. The summed E-state index contributed by atoms with van der Waals surface area (Å²) in [6, 6.07) is 4.20. The van der Waals surface area contributed by atoms with Crippen molar-refractivity contribution in [1.29, 1.82) is 0 Å². The van der Waals surface area contributed by atoms with Crippen LogP contribution in [0.25, 0.3) is 0 Å². The summed E-state index contributed by atoms with van der Waals surface area (Å²) in [6.45, 7) is 1.46. The van der Waals surface area contributed by atoms with Crippen molar-refractivity contribution < 1.29 is 18.0 Å². The van der Waals surface area contributed by atoms with E-state index in [1.165, 1.54) is 12.1 Å². The van der Waals surface area contributed by atoms with E-state index in [2.05, 4.69) is 16.0 Å². The second kappa shape index (κ2) is 6.13. The van der Waals surface area contributed by atoms with Crippen LogP contribution >= 0.6 is 0 Å². The van der Waals surface area contributed by atoms with Gasteiger partial charge in [-0.15, -0.1) is 0 Å². The fraction of sp³-hybridized carbons (Fsp3) is 0.462.